The number of nitrogens with two attached hydrogens (primary N) is 1. The van der Waals surface area contributed by atoms with Crippen LogP contribution < -0.4 is 5.90 Å². The van der Waals surface area contributed by atoms with Crippen LogP contribution in [0.3, 0.4) is 0 Å². The van der Waals surface area contributed by atoms with Gasteiger partial charge in [-0.25, -0.2) is 5.90 Å². The fourth-order valence-electron chi connectivity index (χ4n) is 1.61. The monoisotopic (exact) mass is 207 g/mol. The SMILES string of the molecule is CC(C)c1cccc(C(C)(C)CON)c1. The molecule has 2 N–H and O–H groups in total. The number of rotatable bonds is 4. The van der Waals surface area contributed by atoms with Crippen molar-refractivity contribution in [1.29, 1.82) is 0 Å². The minimum Gasteiger partial charge on any atom is -0.304 e. The zero-order chi connectivity index (χ0) is 11.5. The summed E-state index contributed by atoms with van der Waals surface area (Å²) in [6.07, 6.45) is 0. The summed E-state index contributed by atoms with van der Waals surface area (Å²) in [5, 5.41) is 0. The molecule has 15 heavy (non-hydrogen) atoms. The van der Waals surface area contributed by atoms with Crippen molar-refractivity contribution in [3.63, 3.8) is 0 Å². The van der Waals surface area contributed by atoms with E-state index in [1.165, 1.54) is 11.1 Å². The van der Waals surface area contributed by atoms with E-state index in [0.717, 1.165) is 0 Å². The Kier molecular flexibility index (Phi) is 3.89. The minimum atomic E-state index is -0.0281. The quantitative estimate of drug-likeness (QED) is 0.770. The third-order valence-corrected chi connectivity index (χ3v) is 2.78. The van der Waals surface area contributed by atoms with Crippen molar-refractivity contribution < 1.29 is 4.84 Å². The van der Waals surface area contributed by atoms with Gasteiger partial charge < -0.3 is 4.84 Å². The predicted octanol–water partition coefficient (Wildman–Crippen LogP) is 2.98. The smallest absolute Gasteiger partial charge is 0.0770 e. The summed E-state index contributed by atoms with van der Waals surface area (Å²) in [6, 6.07) is 8.63. The highest BCUT2D eigenvalue weighted by molar-refractivity contribution is 5.30. The summed E-state index contributed by atoms with van der Waals surface area (Å²) in [5.74, 6) is 5.70. The first-order chi connectivity index (χ1) is 6.97. The third kappa shape index (κ3) is 3.05. The second-order valence-electron chi connectivity index (χ2n) is 4.98. The molecule has 2 heteroatoms. The van der Waals surface area contributed by atoms with E-state index < -0.39 is 0 Å². The first kappa shape index (κ1) is 12.2. The van der Waals surface area contributed by atoms with E-state index in [1.807, 2.05) is 0 Å². The standard InChI is InChI=1S/C13H21NO/c1-10(2)11-6-5-7-12(8-11)13(3,4)9-15-14/h5-8,10H,9,14H2,1-4H3. The molecule has 0 spiro atoms. The Labute approximate surface area is 92.4 Å². The predicted molar refractivity (Wildman–Crippen MR) is 63.7 cm³/mol. The largest absolute Gasteiger partial charge is 0.304 e. The van der Waals surface area contributed by atoms with Gasteiger partial charge in [0.05, 0.1) is 6.61 Å². The van der Waals surface area contributed by atoms with Crippen LogP contribution >= 0.6 is 0 Å². The fraction of sp³-hybridized carbons (Fsp3) is 0.538. The summed E-state index contributed by atoms with van der Waals surface area (Å²) >= 11 is 0. The van der Waals surface area contributed by atoms with Gasteiger partial charge in [0.15, 0.2) is 0 Å². The van der Waals surface area contributed by atoms with Gasteiger partial charge in [-0.3, -0.25) is 0 Å². The third-order valence-electron chi connectivity index (χ3n) is 2.78. The second kappa shape index (κ2) is 4.77. The molecular weight excluding hydrogens is 186 g/mol. The van der Waals surface area contributed by atoms with Crippen molar-refractivity contribution in [2.24, 2.45) is 5.90 Å². The maximum Gasteiger partial charge on any atom is 0.0770 e. The van der Waals surface area contributed by atoms with Gasteiger partial charge in [0.25, 0.3) is 0 Å². The average Bonchev–Trinajstić information content (AvgIpc) is 2.18. The molecule has 84 valence electrons. The molecule has 0 aliphatic rings. The van der Waals surface area contributed by atoms with Gasteiger partial charge in [-0.15, -0.1) is 0 Å². The van der Waals surface area contributed by atoms with Crippen molar-refractivity contribution in [3.8, 4) is 0 Å². The summed E-state index contributed by atoms with van der Waals surface area (Å²) in [7, 11) is 0. The van der Waals surface area contributed by atoms with Gasteiger partial charge in [0.2, 0.25) is 0 Å². The minimum absolute atomic E-state index is 0.0281. The highest BCUT2D eigenvalue weighted by Crippen LogP contribution is 2.26. The molecule has 0 aliphatic heterocycles. The van der Waals surface area contributed by atoms with Crippen LogP contribution in [0.5, 0.6) is 0 Å². The summed E-state index contributed by atoms with van der Waals surface area (Å²) in [4.78, 5) is 4.76. The molecule has 0 aromatic heterocycles. The van der Waals surface area contributed by atoms with Crippen LogP contribution in [0.4, 0.5) is 0 Å². The van der Waals surface area contributed by atoms with Crippen LogP contribution in [0.15, 0.2) is 24.3 Å². The van der Waals surface area contributed by atoms with Crippen LogP contribution in [0, 0.1) is 0 Å². The summed E-state index contributed by atoms with van der Waals surface area (Å²) in [6.45, 7) is 9.21. The van der Waals surface area contributed by atoms with Gasteiger partial charge in [-0.2, -0.15) is 0 Å². The van der Waals surface area contributed by atoms with Crippen LogP contribution in [0.2, 0.25) is 0 Å². The fourth-order valence-corrected chi connectivity index (χ4v) is 1.61. The lowest BCUT2D eigenvalue weighted by Gasteiger charge is -2.24. The second-order valence-corrected chi connectivity index (χ2v) is 4.98. The number of hydrogen-bond acceptors (Lipinski definition) is 2. The van der Waals surface area contributed by atoms with E-state index in [9.17, 15) is 0 Å². The first-order valence-electron chi connectivity index (χ1n) is 5.39. The van der Waals surface area contributed by atoms with E-state index in [2.05, 4.69) is 52.0 Å². The molecular formula is C13H21NO. The highest BCUT2D eigenvalue weighted by atomic mass is 16.6. The van der Waals surface area contributed by atoms with Crippen molar-refractivity contribution in [1.82, 2.24) is 0 Å². The van der Waals surface area contributed by atoms with Gasteiger partial charge >= 0.3 is 0 Å². The maximum absolute atomic E-state index is 5.15. The molecule has 1 aromatic carbocycles. The van der Waals surface area contributed by atoms with Gasteiger partial charge in [0, 0.05) is 5.41 Å². The normalized spacial score (nSPS) is 12.1. The van der Waals surface area contributed by atoms with E-state index >= 15 is 0 Å². The first-order valence-corrected chi connectivity index (χ1v) is 5.39. The topological polar surface area (TPSA) is 35.2 Å². The maximum atomic E-state index is 5.15. The molecule has 0 aliphatic carbocycles. The zero-order valence-corrected chi connectivity index (χ0v) is 10.1. The zero-order valence-electron chi connectivity index (χ0n) is 10.1. The molecule has 1 rings (SSSR count). The van der Waals surface area contributed by atoms with Crippen LogP contribution in [-0.2, 0) is 10.3 Å². The lowest BCUT2D eigenvalue weighted by molar-refractivity contribution is 0.0964. The van der Waals surface area contributed by atoms with Crippen LogP contribution in [-0.4, -0.2) is 6.61 Å². The molecule has 0 saturated heterocycles. The molecule has 2 nitrogen and oxygen atoms in total. The van der Waals surface area contributed by atoms with Gasteiger partial charge in [-0.05, 0) is 17.0 Å². The Balaban J connectivity index is 2.99. The van der Waals surface area contributed by atoms with E-state index in [0.29, 0.717) is 12.5 Å². The summed E-state index contributed by atoms with van der Waals surface area (Å²) in [5.41, 5.74) is 2.61. The Morgan fingerprint density at radius 3 is 2.53 bits per heavy atom. The van der Waals surface area contributed by atoms with E-state index in [4.69, 9.17) is 10.7 Å². The molecule has 0 radical (unpaired) electrons. The van der Waals surface area contributed by atoms with Crippen molar-refractivity contribution in [3.05, 3.63) is 35.4 Å². The Morgan fingerprint density at radius 1 is 1.33 bits per heavy atom. The Hall–Kier alpha value is -0.860. The lowest BCUT2D eigenvalue weighted by Crippen LogP contribution is -2.26. The van der Waals surface area contributed by atoms with E-state index in [-0.39, 0.29) is 5.41 Å². The molecule has 0 heterocycles. The molecule has 0 atom stereocenters. The molecule has 0 unspecified atom stereocenters. The molecule has 1 aromatic rings. The van der Waals surface area contributed by atoms with Crippen LogP contribution in [0.25, 0.3) is 0 Å². The van der Waals surface area contributed by atoms with Gasteiger partial charge in [-0.1, -0.05) is 52.0 Å². The van der Waals surface area contributed by atoms with Crippen molar-refractivity contribution >= 4 is 0 Å². The number of benzene rings is 1. The highest BCUT2D eigenvalue weighted by Gasteiger charge is 2.21. The molecule has 0 fully saturated rings. The van der Waals surface area contributed by atoms with Crippen molar-refractivity contribution in [2.75, 3.05) is 6.61 Å². The molecule has 0 bridgehead atoms. The van der Waals surface area contributed by atoms with Gasteiger partial charge in [0.1, 0.15) is 0 Å². The summed E-state index contributed by atoms with van der Waals surface area (Å²) < 4.78 is 0. The van der Waals surface area contributed by atoms with Crippen LogP contribution in [0.1, 0.15) is 44.7 Å². The molecule has 0 amide bonds. The molecule has 0 saturated carbocycles. The lowest BCUT2D eigenvalue weighted by atomic mass is 9.84. The van der Waals surface area contributed by atoms with Crippen molar-refractivity contribution in [2.45, 2.75) is 39.0 Å². The van der Waals surface area contributed by atoms with E-state index in [1.54, 1.807) is 0 Å². The number of hydrogen-bond donors (Lipinski definition) is 1. The average molecular weight is 207 g/mol. The Bertz CT molecular complexity index is 318. The Morgan fingerprint density at radius 2 is 2.00 bits per heavy atom.